The SMILES string of the molecule is CCCC(O)(CCC)CNC(=NCc1ccc(C(=O)NC)cc1)NCC. The fourth-order valence-corrected chi connectivity index (χ4v) is 2.90. The van der Waals surface area contributed by atoms with Gasteiger partial charge in [0.2, 0.25) is 0 Å². The van der Waals surface area contributed by atoms with E-state index < -0.39 is 5.60 Å². The Balaban J connectivity index is 2.71. The lowest BCUT2D eigenvalue weighted by Crippen LogP contribution is -2.47. The maximum absolute atomic E-state index is 11.6. The number of carbonyl (C=O) groups excluding carboxylic acids is 1. The van der Waals surface area contributed by atoms with Crippen LogP contribution in [0.4, 0.5) is 0 Å². The zero-order valence-electron chi connectivity index (χ0n) is 16.6. The quantitative estimate of drug-likeness (QED) is 0.380. The first-order chi connectivity index (χ1) is 12.5. The van der Waals surface area contributed by atoms with Gasteiger partial charge in [0.05, 0.1) is 12.1 Å². The van der Waals surface area contributed by atoms with E-state index in [1.807, 2.05) is 19.1 Å². The molecule has 0 atom stereocenters. The first-order valence-corrected chi connectivity index (χ1v) is 9.53. The molecule has 0 aliphatic carbocycles. The number of aliphatic imine (C=N–C) groups is 1. The van der Waals surface area contributed by atoms with Crippen LogP contribution in [0.25, 0.3) is 0 Å². The minimum Gasteiger partial charge on any atom is -0.388 e. The minimum absolute atomic E-state index is 0.0961. The van der Waals surface area contributed by atoms with E-state index >= 15 is 0 Å². The summed E-state index contributed by atoms with van der Waals surface area (Å²) >= 11 is 0. The molecule has 6 nitrogen and oxygen atoms in total. The topological polar surface area (TPSA) is 85.8 Å². The van der Waals surface area contributed by atoms with Crippen molar-refractivity contribution in [2.75, 3.05) is 20.1 Å². The largest absolute Gasteiger partial charge is 0.388 e. The number of rotatable bonds is 10. The maximum Gasteiger partial charge on any atom is 0.251 e. The molecule has 146 valence electrons. The van der Waals surface area contributed by atoms with Gasteiger partial charge in [0.15, 0.2) is 5.96 Å². The van der Waals surface area contributed by atoms with Gasteiger partial charge in [0.25, 0.3) is 5.91 Å². The van der Waals surface area contributed by atoms with Crippen molar-refractivity contribution < 1.29 is 9.90 Å². The summed E-state index contributed by atoms with van der Waals surface area (Å²) < 4.78 is 0. The first kappa shape index (κ1) is 22.0. The lowest BCUT2D eigenvalue weighted by atomic mass is 9.93. The Morgan fingerprint density at radius 3 is 2.19 bits per heavy atom. The summed E-state index contributed by atoms with van der Waals surface area (Å²) in [7, 11) is 1.62. The number of amides is 1. The number of nitrogens with zero attached hydrogens (tertiary/aromatic N) is 1. The second-order valence-electron chi connectivity index (χ2n) is 6.55. The normalized spacial score (nSPS) is 12.0. The molecule has 0 spiro atoms. The Labute approximate surface area is 157 Å². The number of nitrogens with one attached hydrogen (secondary N) is 3. The number of guanidine groups is 1. The minimum atomic E-state index is -0.700. The van der Waals surface area contributed by atoms with Gasteiger partial charge in [-0.3, -0.25) is 4.79 Å². The zero-order valence-corrected chi connectivity index (χ0v) is 16.6. The van der Waals surface area contributed by atoms with Crippen molar-refractivity contribution in [3.63, 3.8) is 0 Å². The van der Waals surface area contributed by atoms with Gasteiger partial charge >= 0.3 is 0 Å². The van der Waals surface area contributed by atoms with E-state index in [9.17, 15) is 9.90 Å². The van der Waals surface area contributed by atoms with Crippen LogP contribution in [-0.2, 0) is 6.54 Å². The summed E-state index contributed by atoms with van der Waals surface area (Å²) in [5.41, 5.74) is 0.955. The molecule has 0 bridgehead atoms. The third kappa shape index (κ3) is 7.44. The summed E-state index contributed by atoms with van der Waals surface area (Å²) in [6.45, 7) is 7.92. The number of aliphatic hydroxyl groups is 1. The van der Waals surface area contributed by atoms with Crippen molar-refractivity contribution in [3.05, 3.63) is 35.4 Å². The molecule has 1 aromatic rings. The predicted octanol–water partition coefficient (Wildman–Crippen LogP) is 2.43. The van der Waals surface area contributed by atoms with E-state index in [0.717, 1.165) is 37.8 Å². The van der Waals surface area contributed by atoms with E-state index in [-0.39, 0.29) is 5.91 Å². The molecule has 4 N–H and O–H groups in total. The van der Waals surface area contributed by atoms with Gasteiger partial charge in [-0.05, 0) is 37.5 Å². The fraction of sp³-hybridized carbons (Fsp3) is 0.600. The molecule has 0 aromatic heterocycles. The lowest BCUT2D eigenvalue weighted by molar-refractivity contribution is 0.0257. The lowest BCUT2D eigenvalue weighted by Gasteiger charge is -2.28. The summed E-state index contributed by atoms with van der Waals surface area (Å²) in [5, 5.41) is 19.8. The Kier molecular flexibility index (Phi) is 9.73. The van der Waals surface area contributed by atoms with Crippen LogP contribution in [0.3, 0.4) is 0 Å². The molecule has 0 heterocycles. The van der Waals surface area contributed by atoms with Crippen LogP contribution in [0, 0.1) is 0 Å². The van der Waals surface area contributed by atoms with Crippen molar-refractivity contribution in [1.29, 1.82) is 0 Å². The molecule has 0 saturated heterocycles. The molecule has 0 aliphatic heterocycles. The van der Waals surface area contributed by atoms with E-state index in [1.54, 1.807) is 19.2 Å². The van der Waals surface area contributed by atoms with E-state index in [0.29, 0.717) is 24.6 Å². The number of benzene rings is 1. The maximum atomic E-state index is 11.6. The molecule has 26 heavy (non-hydrogen) atoms. The number of hydrogen-bond acceptors (Lipinski definition) is 3. The number of hydrogen-bond donors (Lipinski definition) is 4. The van der Waals surface area contributed by atoms with Gasteiger partial charge in [0, 0.05) is 25.7 Å². The van der Waals surface area contributed by atoms with Crippen LogP contribution in [0.15, 0.2) is 29.3 Å². The van der Waals surface area contributed by atoms with Crippen LogP contribution in [-0.4, -0.2) is 42.7 Å². The highest BCUT2D eigenvalue weighted by molar-refractivity contribution is 5.93. The molecule has 0 unspecified atom stereocenters. The summed E-state index contributed by atoms with van der Waals surface area (Å²) in [5.74, 6) is 0.592. The Morgan fingerprint density at radius 2 is 1.69 bits per heavy atom. The third-order valence-electron chi connectivity index (χ3n) is 4.22. The van der Waals surface area contributed by atoms with E-state index in [4.69, 9.17) is 0 Å². The highest BCUT2D eigenvalue weighted by atomic mass is 16.3. The van der Waals surface area contributed by atoms with Crippen molar-refractivity contribution >= 4 is 11.9 Å². The van der Waals surface area contributed by atoms with Crippen LogP contribution in [0.5, 0.6) is 0 Å². The molecule has 0 radical (unpaired) electrons. The van der Waals surface area contributed by atoms with E-state index in [1.165, 1.54) is 0 Å². The van der Waals surface area contributed by atoms with E-state index in [2.05, 4.69) is 34.8 Å². The fourth-order valence-electron chi connectivity index (χ4n) is 2.90. The summed E-state index contributed by atoms with van der Waals surface area (Å²) in [6.07, 6.45) is 3.44. The van der Waals surface area contributed by atoms with Crippen LogP contribution in [0.2, 0.25) is 0 Å². The standard InChI is InChI=1S/C20H34N4O2/c1-5-12-20(26,13-6-2)15-24-19(22-7-3)23-14-16-8-10-17(11-9-16)18(25)21-4/h8-11,26H,5-7,12-15H2,1-4H3,(H,21,25)(H2,22,23,24). The molecule has 0 saturated carbocycles. The van der Waals surface area contributed by atoms with Crippen molar-refractivity contribution in [2.45, 2.75) is 58.6 Å². The smallest absolute Gasteiger partial charge is 0.251 e. The monoisotopic (exact) mass is 362 g/mol. The number of carbonyl (C=O) groups is 1. The van der Waals surface area contributed by atoms with Crippen molar-refractivity contribution in [2.24, 2.45) is 4.99 Å². The van der Waals surface area contributed by atoms with Crippen LogP contribution in [0.1, 0.15) is 62.4 Å². The van der Waals surface area contributed by atoms with Crippen molar-refractivity contribution in [1.82, 2.24) is 16.0 Å². The van der Waals surface area contributed by atoms with Crippen molar-refractivity contribution in [3.8, 4) is 0 Å². The average Bonchev–Trinajstić information content (AvgIpc) is 2.64. The van der Waals surface area contributed by atoms with Gasteiger partial charge in [-0.25, -0.2) is 4.99 Å². The summed E-state index contributed by atoms with van der Waals surface area (Å²) in [4.78, 5) is 16.2. The van der Waals surface area contributed by atoms with Gasteiger partial charge in [-0.15, -0.1) is 0 Å². The molecule has 6 heteroatoms. The summed E-state index contributed by atoms with van der Waals surface area (Å²) in [6, 6.07) is 7.40. The highest BCUT2D eigenvalue weighted by Crippen LogP contribution is 2.18. The molecule has 1 rings (SSSR count). The van der Waals surface area contributed by atoms with Gasteiger partial charge in [-0.1, -0.05) is 38.8 Å². The van der Waals surface area contributed by atoms with Gasteiger partial charge in [0.1, 0.15) is 0 Å². The molecular weight excluding hydrogens is 328 g/mol. The molecule has 1 aromatic carbocycles. The average molecular weight is 363 g/mol. The van der Waals surface area contributed by atoms with Gasteiger partial charge in [-0.2, -0.15) is 0 Å². The Hall–Kier alpha value is -2.08. The predicted molar refractivity (Wildman–Crippen MR) is 107 cm³/mol. The molecular formula is C20H34N4O2. The van der Waals surface area contributed by atoms with Crippen LogP contribution >= 0.6 is 0 Å². The second-order valence-corrected chi connectivity index (χ2v) is 6.55. The Morgan fingerprint density at radius 1 is 1.08 bits per heavy atom. The third-order valence-corrected chi connectivity index (χ3v) is 4.22. The highest BCUT2D eigenvalue weighted by Gasteiger charge is 2.24. The first-order valence-electron chi connectivity index (χ1n) is 9.53. The Bertz CT molecular complexity index is 564. The van der Waals surface area contributed by atoms with Gasteiger partial charge < -0.3 is 21.1 Å². The zero-order chi connectivity index (χ0) is 19.4. The second kappa shape index (κ2) is 11.5. The molecule has 1 amide bonds. The molecule has 0 fully saturated rings. The molecule has 0 aliphatic rings. The van der Waals surface area contributed by atoms with Crippen LogP contribution < -0.4 is 16.0 Å².